The van der Waals surface area contributed by atoms with Crippen LogP contribution < -0.4 is 15.0 Å². The molecule has 0 aliphatic carbocycles. The minimum absolute atomic E-state index is 0.00118. The number of amides is 2. The summed E-state index contributed by atoms with van der Waals surface area (Å²) in [6.07, 6.45) is -2.70. The summed E-state index contributed by atoms with van der Waals surface area (Å²) in [5.74, 6) is -0.697. The Bertz CT molecular complexity index is 1200. The van der Waals surface area contributed by atoms with Gasteiger partial charge in [0.15, 0.2) is 0 Å². The van der Waals surface area contributed by atoms with Crippen LogP contribution in [-0.2, 0) is 19.1 Å². The maximum absolute atomic E-state index is 13.6. The second kappa shape index (κ2) is 10.0. The van der Waals surface area contributed by atoms with Crippen LogP contribution in [0.4, 0.5) is 33.7 Å². The van der Waals surface area contributed by atoms with Gasteiger partial charge in [0.2, 0.25) is 0 Å². The molecule has 0 bridgehead atoms. The van der Waals surface area contributed by atoms with E-state index in [4.69, 9.17) is 16.3 Å². The van der Waals surface area contributed by atoms with Crippen LogP contribution >= 0.6 is 11.6 Å². The number of nitrogens with one attached hydrogen (secondary N) is 2. The van der Waals surface area contributed by atoms with Crippen LogP contribution in [0.15, 0.2) is 30.6 Å². The van der Waals surface area contributed by atoms with E-state index in [1.54, 1.807) is 0 Å². The molecule has 14 heteroatoms. The van der Waals surface area contributed by atoms with E-state index in [2.05, 4.69) is 20.4 Å². The number of hydrogen-bond acceptors (Lipinski definition) is 6. The maximum Gasteiger partial charge on any atom is 0.433 e. The molecule has 1 aromatic carbocycles. The highest BCUT2D eigenvalue weighted by Crippen LogP contribution is 2.34. The maximum atomic E-state index is 13.6. The zero-order valence-corrected chi connectivity index (χ0v) is 19.5. The first-order chi connectivity index (χ1) is 16.3. The van der Waals surface area contributed by atoms with Crippen molar-refractivity contribution in [1.29, 1.82) is 0 Å². The molecule has 0 aliphatic rings. The standard InChI is InChI=1S/C21H21ClF4N6O3/c1-20(2,34)7-13-16(30-31-17(13)21(24,25)26)10-32(12-8-27-18(35-3)28-9-12)19(33)29-11-4-5-15(23)14(22)6-11/h4-6,8-9,34H,7,10H2,1-3H3,(H,29,33)(H,30,31). The van der Waals surface area contributed by atoms with Crippen molar-refractivity contribution < 1.29 is 32.2 Å². The quantitative estimate of drug-likeness (QED) is 0.396. The lowest BCUT2D eigenvalue weighted by molar-refractivity contribution is -0.142. The number of anilines is 2. The number of methoxy groups -OCH3 is 1. The minimum atomic E-state index is -4.77. The molecule has 0 aliphatic heterocycles. The predicted molar refractivity (Wildman–Crippen MR) is 119 cm³/mol. The van der Waals surface area contributed by atoms with E-state index >= 15 is 0 Å². The van der Waals surface area contributed by atoms with Gasteiger partial charge in [0, 0.05) is 17.7 Å². The summed E-state index contributed by atoms with van der Waals surface area (Å²) in [4.78, 5) is 22.0. The molecule has 35 heavy (non-hydrogen) atoms. The molecular weight excluding hydrogens is 496 g/mol. The molecule has 0 spiro atoms. The van der Waals surface area contributed by atoms with Gasteiger partial charge in [-0.25, -0.2) is 19.2 Å². The van der Waals surface area contributed by atoms with Crippen molar-refractivity contribution in [2.24, 2.45) is 0 Å². The van der Waals surface area contributed by atoms with Gasteiger partial charge in [-0.15, -0.1) is 0 Å². The van der Waals surface area contributed by atoms with Gasteiger partial charge in [-0.2, -0.15) is 18.3 Å². The van der Waals surface area contributed by atoms with Gasteiger partial charge in [0.05, 0.1) is 48.1 Å². The number of aliphatic hydroxyl groups is 1. The lowest BCUT2D eigenvalue weighted by Crippen LogP contribution is -2.35. The Morgan fingerprint density at radius 1 is 1.26 bits per heavy atom. The zero-order chi connectivity index (χ0) is 26.0. The fourth-order valence-corrected chi connectivity index (χ4v) is 3.32. The number of alkyl halides is 3. The predicted octanol–water partition coefficient (Wildman–Crippen LogP) is 4.57. The molecule has 9 nitrogen and oxygen atoms in total. The van der Waals surface area contributed by atoms with Crippen molar-refractivity contribution in [1.82, 2.24) is 20.2 Å². The summed E-state index contributed by atoms with van der Waals surface area (Å²) < 4.78 is 59.1. The number of H-pyrrole nitrogens is 1. The van der Waals surface area contributed by atoms with Crippen molar-refractivity contribution in [2.75, 3.05) is 17.3 Å². The first kappa shape index (κ1) is 26.2. The molecular formula is C21H21ClF4N6O3. The number of ether oxygens (including phenoxy) is 1. The molecule has 0 saturated carbocycles. The third kappa shape index (κ3) is 6.57. The summed E-state index contributed by atoms with van der Waals surface area (Å²) in [5.41, 5.74) is -2.84. The molecule has 2 amide bonds. The summed E-state index contributed by atoms with van der Waals surface area (Å²) in [6, 6.07) is 2.67. The van der Waals surface area contributed by atoms with Gasteiger partial charge in [0.1, 0.15) is 11.5 Å². The number of halogens is 5. The number of aromatic nitrogens is 4. The number of rotatable bonds is 7. The van der Waals surface area contributed by atoms with Crippen molar-refractivity contribution in [3.63, 3.8) is 0 Å². The first-order valence-electron chi connectivity index (χ1n) is 10.0. The third-order valence-corrected chi connectivity index (χ3v) is 4.97. The van der Waals surface area contributed by atoms with Crippen LogP contribution in [0.3, 0.4) is 0 Å². The lowest BCUT2D eigenvalue weighted by Gasteiger charge is -2.24. The fraction of sp³-hybridized carbons (Fsp3) is 0.333. The average Bonchev–Trinajstić information content (AvgIpc) is 3.15. The second-order valence-corrected chi connectivity index (χ2v) is 8.49. The number of aromatic amines is 1. The van der Waals surface area contributed by atoms with E-state index in [1.807, 2.05) is 5.10 Å². The van der Waals surface area contributed by atoms with Crippen LogP contribution in [0, 0.1) is 5.82 Å². The minimum Gasteiger partial charge on any atom is -0.467 e. The highest BCUT2D eigenvalue weighted by atomic mass is 35.5. The Kier molecular flexibility index (Phi) is 7.50. The Morgan fingerprint density at radius 2 is 1.91 bits per heavy atom. The molecule has 0 atom stereocenters. The molecule has 0 saturated heterocycles. The molecule has 3 aromatic rings. The van der Waals surface area contributed by atoms with Crippen molar-refractivity contribution >= 4 is 29.0 Å². The molecule has 188 valence electrons. The Morgan fingerprint density at radius 3 is 2.46 bits per heavy atom. The first-order valence-corrected chi connectivity index (χ1v) is 10.4. The highest BCUT2D eigenvalue weighted by Gasteiger charge is 2.39. The van der Waals surface area contributed by atoms with Gasteiger partial charge in [-0.1, -0.05) is 11.6 Å². The molecule has 3 N–H and O–H groups in total. The summed E-state index contributed by atoms with van der Waals surface area (Å²) >= 11 is 5.77. The summed E-state index contributed by atoms with van der Waals surface area (Å²) in [5, 5.41) is 18.2. The van der Waals surface area contributed by atoms with Gasteiger partial charge >= 0.3 is 18.2 Å². The number of carbonyl (C=O) groups is 1. The Hall–Kier alpha value is -3.45. The molecule has 3 rings (SSSR count). The molecule has 2 heterocycles. The topological polar surface area (TPSA) is 116 Å². The van der Waals surface area contributed by atoms with Gasteiger partial charge < -0.3 is 15.2 Å². The van der Waals surface area contributed by atoms with E-state index < -0.39 is 42.3 Å². The third-order valence-electron chi connectivity index (χ3n) is 4.68. The number of carbonyl (C=O) groups excluding carboxylic acids is 1. The van der Waals surface area contributed by atoms with Crippen LogP contribution in [0.1, 0.15) is 30.8 Å². The number of benzene rings is 1. The Balaban J connectivity index is 2.01. The van der Waals surface area contributed by atoms with Crippen molar-refractivity contribution in [3.05, 3.63) is 58.4 Å². The SMILES string of the molecule is COc1ncc(N(Cc2n[nH]c(C(F)(F)F)c2CC(C)(C)O)C(=O)Nc2ccc(F)c(Cl)c2)cn1. The largest absolute Gasteiger partial charge is 0.467 e. The summed E-state index contributed by atoms with van der Waals surface area (Å²) in [7, 11) is 1.34. The number of hydrogen-bond donors (Lipinski definition) is 3. The van der Waals surface area contributed by atoms with Crippen LogP contribution in [0.25, 0.3) is 0 Å². The van der Waals surface area contributed by atoms with Crippen molar-refractivity contribution in [2.45, 2.75) is 38.6 Å². The normalized spacial score (nSPS) is 11.9. The van der Waals surface area contributed by atoms with Gasteiger partial charge in [0.25, 0.3) is 0 Å². The number of urea groups is 1. The lowest BCUT2D eigenvalue weighted by atomic mass is 9.96. The van der Waals surface area contributed by atoms with Crippen LogP contribution in [0.2, 0.25) is 5.02 Å². The number of nitrogens with zero attached hydrogens (tertiary/aromatic N) is 4. The van der Waals surface area contributed by atoms with E-state index in [1.165, 1.54) is 45.5 Å². The van der Waals surface area contributed by atoms with E-state index in [0.29, 0.717) is 0 Å². The smallest absolute Gasteiger partial charge is 0.433 e. The van der Waals surface area contributed by atoms with Crippen LogP contribution in [-0.4, -0.2) is 44.0 Å². The van der Waals surface area contributed by atoms with Gasteiger partial charge in [-0.3, -0.25) is 10.00 Å². The fourth-order valence-electron chi connectivity index (χ4n) is 3.14. The van der Waals surface area contributed by atoms with E-state index in [9.17, 15) is 27.5 Å². The zero-order valence-electron chi connectivity index (χ0n) is 18.7. The van der Waals surface area contributed by atoms with Crippen molar-refractivity contribution in [3.8, 4) is 6.01 Å². The second-order valence-electron chi connectivity index (χ2n) is 8.08. The Labute approximate surface area is 202 Å². The molecule has 2 aromatic heterocycles. The van der Waals surface area contributed by atoms with Gasteiger partial charge in [-0.05, 0) is 32.0 Å². The van der Waals surface area contributed by atoms with Crippen LogP contribution in [0.5, 0.6) is 6.01 Å². The summed E-state index contributed by atoms with van der Waals surface area (Å²) in [6.45, 7) is 2.25. The highest BCUT2D eigenvalue weighted by molar-refractivity contribution is 6.31. The van der Waals surface area contributed by atoms with E-state index in [-0.39, 0.29) is 33.7 Å². The molecule has 0 fully saturated rings. The molecule has 0 radical (unpaired) electrons. The molecule has 0 unspecified atom stereocenters. The average molecular weight is 517 g/mol. The monoisotopic (exact) mass is 516 g/mol. The van der Waals surface area contributed by atoms with E-state index in [0.717, 1.165) is 11.0 Å².